The SMILES string of the molecule is C=CCOC1(C)CCN(c2c(C(OC(C)(C)C)C(=O)O)c(C)nc3cc(-c4cccc(-c5c(O)cccc5Cl)c4)nn23)CC1. The zero-order valence-electron chi connectivity index (χ0n) is 25.8. The molecule has 44 heavy (non-hydrogen) atoms. The summed E-state index contributed by atoms with van der Waals surface area (Å²) in [6.07, 6.45) is 1.96. The Hall–Kier alpha value is -3.92. The van der Waals surface area contributed by atoms with Crippen molar-refractivity contribution in [3.05, 3.63) is 77.5 Å². The number of aromatic nitrogens is 3. The molecule has 1 saturated heterocycles. The van der Waals surface area contributed by atoms with Gasteiger partial charge in [-0.25, -0.2) is 9.78 Å². The van der Waals surface area contributed by atoms with Crippen molar-refractivity contribution in [3.8, 4) is 28.1 Å². The van der Waals surface area contributed by atoms with E-state index in [0.29, 0.717) is 58.7 Å². The molecule has 0 amide bonds. The van der Waals surface area contributed by atoms with Crippen molar-refractivity contribution in [3.63, 3.8) is 0 Å². The molecule has 3 heterocycles. The quantitative estimate of drug-likeness (QED) is 0.189. The van der Waals surface area contributed by atoms with Crippen LogP contribution in [0.15, 0.2) is 61.2 Å². The van der Waals surface area contributed by atoms with Gasteiger partial charge in [0, 0.05) is 36.0 Å². The molecule has 1 aliphatic heterocycles. The van der Waals surface area contributed by atoms with Gasteiger partial charge in [0.25, 0.3) is 0 Å². The number of carboxylic acid groups (broad SMARTS) is 1. The number of piperidine rings is 1. The number of aryl methyl sites for hydroxylation is 1. The van der Waals surface area contributed by atoms with Gasteiger partial charge in [-0.1, -0.05) is 41.9 Å². The molecule has 2 aromatic heterocycles. The molecule has 1 atom stereocenters. The molecule has 1 aliphatic rings. The van der Waals surface area contributed by atoms with Crippen LogP contribution >= 0.6 is 11.6 Å². The fourth-order valence-corrected chi connectivity index (χ4v) is 5.96. The monoisotopic (exact) mass is 618 g/mol. The van der Waals surface area contributed by atoms with Crippen molar-refractivity contribution >= 4 is 29.0 Å². The minimum absolute atomic E-state index is 0.0848. The lowest BCUT2D eigenvalue weighted by Crippen LogP contribution is -2.45. The Bertz CT molecular complexity index is 1680. The van der Waals surface area contributed by atoms with E-state index in [1.165, 1.54) is 0 Å². The van der Waals surface area contributed by atoms with Crippen molar-refractivity contribution in [2.75, 3.05) is 24.6 Å². The molecule has 1 fully saturated rings. The summed E-state index contributed by atoms with van der Waals surface area (Å²) in [5.41, 5.74) is 3.29. The molecule has 0 saturated carbocycles. The minimum Gasteiger partial charge on any atom is -0.507 e. The lowest BCUT2D eigenvalue weighted by molar-refractivity contribution is -0.160. The molecule has 0 aliphatic carbocycles. The van der Waals surface area contributed by atoms with E-state index in [2.05, 4.69) is 18.4 Å². The second kappa shape index (κ2) is 12.2. The topological polar surface area (TPSA) is 109 Å². The molecule has 5 rings (SSSR count). The number of phenols is 1. The van der Waals surface area contributed by atoms with Crippen LogP contribution in [0.25, 0.3) is 28.0 Å². The lowest BCUT2D eigenvalue weighted by Gasteiger charge is -2.41. The summed E-state index contributed by atoms with van der Waals surface area (Å²) in [5, 5.41) is 26.4. The number of benzene rings is 2. The van der Waals surface area contributed by atoms with Gasteiger partial charge in [-0.2, -0.15) is 9.61 Å². The Labute approximate surface area is 262 Å². The summed E-state index contributed by atoms with van der Waals surface area (Å²) in [5.74, 6) is -0.371. The Balaban J connectivity index is 1.66. The van der Waals surface area contributed by atoms with Crippen LogP contribution in [0.3, 0.4) is 0 Å². The normalized spacial score (nSPS) is 15.8. The first-order valence-electron chi connectivity index (χ1n) is 14.7. The average Bonchev–Trinajstić information content (AvgIpc) is 3.38. The fraction of sp³-hybridized carbons (Fsp3) is 0.382. The maximum atomic E-state index is 12.7. The number of anilines is 1. The largest absolute Gasteiger partial charge is 0.507 e. The molecule has 0 spiro atoms. The number of nitrogens with zero attached hydrogens (tertiary/aromatic N) is 4. The highest BCUT2D eigenvalue weighted by molar-refractivity contribution is 6.33. The molecule has 232 valence electrons. The number of carboxylic acids is 1. The third-order valence-electron chi connectivity index (χ3n) is 7.87. The zero-order chi connectivity index (χ0) is 31.8. The highest BCUT2D eigenvalue weighted by Crippen LogP contribution is 2.40. The summed E-state index contributed by atoms with van der Waals surface area (Å²) in [6.45, 7) is 14.9. The minimum atomic E-state index is -1.26. The van der Waals surface area contributed by atoms with Crippen LogP contribution < -0.4 is 4.90 Å². The van der Waals surface area contributed by atoms with Crippen molar-refractivity contribution in [2.24, 2.45) is 0 Å². The Morgan fingerprint density at radius 2 is 1.84 bits per heavy atom. The molecule has 2 N–H and O–H groups in total. The molecule has 2 aromatic carbocycles. The molecule has 4 aromatic rings. The van der Waals surface area contributed by atoms with E-state index >= 15 is 0 Å². The third kappa shape index (κ3) is 6.45. The summed E-state index contributed by atoms with van der Waals surface area (Å²) >= 11 is 6.45. The smallest absolute Gasteiger partial charge is 0.337 e. The number of rotatable bonds is 9. The van der Waals surface area contributed by atoms with Crippen LogP contribution in [0.5, 0.6) is 5.75 Å². The first-order chi connectivity index (χ1) is 20.8. The summed E-state index contributed by atoms with van der Waals surface area (Å²) in [6, 6.07) is 14.5. The van der Waals surface area contributed by atoms with Gasteiger partial charge >= 0.3 is 5.97 Å². The number of halogens is 1. The summed E-state index contributed by atoms with van der Waals surface area (Å²) < 4.78 is 14.0. The van der Waals surface area contributed by atoms with Crippen molar-refractivity contribution in [2.45, 2.75) is 64.8 Å². The highest BCUT2D eigenvalue weighted by Gasteiger charge is 2.37. The Morgan fingerprint density at radius 3 is 2.48 bits per heavy atom. The van der Waals surface area contributed by atoms with Gasteiger partial charge in [0.15, 0.2) is 11.8 Å². The van der Waals surface area contributed by atoms with E-state index < -0.39 is 17.7 Å². The fourth-order valence-electron chi connectivity index (χ4n) is 5.68. The van der Waals surface area contributed by atoms with Crippen LogP contribution in [-0.2, 0) is 14.3 Å². The number of ether oxygens (including phenoxy) is 2. The number of hydrogen-bond donors (Lipinski definition) is 2. The number of phenolic OH excluding ortho intramolecular Hbond substituents is 1. The van der Waals surface area contributed by atoms with Gasteiger partial charge in [-0.3, -0.25) is 0 Å². The molecule has 10 heteroatoms. The van der Waals surface area contributed by atoms with E-state index in [9.17, 15) is 15.0 Å². The highest BCUT2D eigenvalue weighted by atomic mass is 35.5. The molecule has 1 unspecified atom stereocenters. The second-order valence-electron chi connectivity index (χ2n) is 12.4. The zero-order valence-corrected chi connectivity index (χ0v) is 26.6. The third-order valence-corrected chi connectivity index (χ3v) is 8.19. The molecular weight excluding hydrogens is 580 g/mol. The first kappa shape index (κ1) is 31.5. The van der Waals surface area contributed by atoms with E-state index in [1.54, 1.807) is 28.8 Å². The predicted octanol–water partition coefficient (Wildman–Crippen LogP) is 7.23. The number of fused-ring (bicyclic) bond motifs is 1. The van der Waals surface area contributed by atoms with E-state index in [-0.39, 0.29) is 11.4 Å². The molecule has 9 nitrogen and oxygen atoms in total. The van der Waals surface area contributed by atoms with Crippen molar-refractivity contribution in [1.29, 1.82) is 0 Å². The molecule has 0 radical (unpaired) electrons. The van der Waals surface area contributed by atoms with E-state index in [4.69, 9.17) is 31.2 Å². The number of aromatic hydroxyl groups is 1. The van der Waals surface area contributed by atoms with E-state index in [1.807, 2.05) is 58.0 Å². The second-order valence-corrected chi connectivity index (χ2v) is 12.8. The van der Waals surface area contributed by atoms with Crippen LogP contribution in [0.1, 0.15) is 57.9 Å². The van der Waals surface area contributed by atoms with Crippen LogP contribution in [0.2, 0.25) is 5.02 Å². The van der Waals surface area contributed by atoms with Crippen LogP contribution in [0, 0.1) is 6.92 Å². The Kier molecular flexibility index (Phi) is 8.75. The van der Waals surface area contributed by atoms with Gasteiger partial charge in [-0.05, 0) is 71.2 Å². The van der Waals surface area contributed by atoms with Gasteiger partial charge in [-0.15, -0.1) is 6.58 Å². The number of carbonyl (C=O) groups is 1. The summed E-state index contributed by atoms with van der Waals surface area (Å²) in [7, 11) is 0. The maximum Gasteiger partial charge on any atom is 0.337 e. The Morgan fingerprint density at radius 1 is 1.16 bits per heavy atom. The van der Waals surface area contributed by atoms with Gasteiger partial charge in [0.1, 0.15) is 11.6 Å². The van der Waals surface area contributed by atoms with Gasteiger partial charge in [0.2, 0.25) is 0 Å². The van der Waals surface area contributed by atoms with Gasteiger partial charge < -0.3 is 24.6 Å². The van der Waals surface area contributed by atoms with Crippen molar-refractivity contribution in [1.82, 2.24) is 14.6 Å². The molecular formula is C34H39ClN4O5. The van der Waals surface area contributed by atoms with Crippen LogP contribution in [0.4, 0.5) is 5.82 Å². The number of aliphatic carboxylic acids is 1. The standard InChI is InChI=1S/C34H39ClN4O5/c1-7-18-43-34(6)14-16-38(17-15-34)31-28(30(32(41)42)44-33(3,4)5)21(2)36-27-20-25(37-39(27)31)22-10-8-11-23(19-22)29-24(35)12-9-13-26(29)40/h7-13,19-20,30,40H,1,14-18H2,2-6H3,(H,41,42). The summed E-state index contributed by atoms with van der Waals surface area (Å²) in [4.78, 5) is 19.7. The first-order valence-corrected chi connectivity index (χ1v) is 15.1. The average molecular weight is 619 g/mol. The number of hydrogen-bond acceptors (Lipinski definition) is 7. The van der Waals surface area contributed by atoms with Gasteiger partial charge in [0.05, 0.1) is 34.1 Å². The predicted molar refractivity (Wildman–Crippen MR) is 172 cm³/mol. The van der Waals surface area contributed by atoms with Crippen LogP contribution in [-0.4, -0.2) is 61.7 Å². The van der Waals surface area contributed by atoms with E-state index in [0.717, 1.165) is 24.0 Å². The maximum absolute atomic E-state index is 12.7. The van der Waals surface area contributed by atoms with Crippen molar-refractivity contribution < 1.29 is 24.5 Å². The lowest BCUT2D eigenvalue weighted by atomic mass is 9.92. The molecule has 0 bridgehead atoms.